The third-order valence-electron chi connectivity index (χ3n) is 5.75. The first kappa shape index (κ1) is 17.5. The first-order valence-electron chi connectivity index (χ1n) is 9.44. The minimum Gasteiger partial charge on any atom is -0.379 e. The number of nitrogens with zero attached hydrogens (tertiary/aromatic N) is 1. The first-order valence-corrected chi connectivity index (χ1v) is 9.44. The summed E-state index contributed by atoms with van der Waals surface area (Å²) in [7, 11) is 0. The quantitative estimate of drug-likeness (QED) is 0.722. The van der Waals surface area contributed by atoms with Crippen LogP contribution in [0.15, 0.2) is 18.2 Å². The maximum atomic E-state index is 12.6. The van der Waals surface area contributed by atoms with Crippen molar-refractivity contribution in [1.29, 1.82) is 0 Å². The molecule has 3 aliphatic heterocycles. The summed E-state index contributed by atoms with van der Waals surface area (Å²) in [5.41, 5.74) is 2.00. The molecule has 3 aliphatic rings. The van der Waals surface area contributed by atoms with Crippen molar-refractivity contribution in [1.82, 2.24) is 15.5 Å². The van der Waals surface area contributed by atoms with Gasteiger partial charge in [0.2, 0.25) is 5.91 Å². The van der Waals surface area contributed by atoms with Crippen molar-refractivity contribution < 1.29 is 14.3 Å². The zero-order valence-electron chi connectivity index (χ0n) is 15.0. The monoisotopic (exact) mass is 358 g/mol. The van der Waals surface area contributed by atoms with E-state index in [-0.39, 0.29) is 11.8 Å². The summed E-state index contributed by atoms with van der Waals surface area (Å²) in [4.78, 5) is 27.3. The SMILES string of the molecule is O=C(NCCN1CCOCC1)c1ccc2c(c1)NC(=O)C21CCNCC1. The van der Waals surface area contributed by atoms with Crippen LogP contribution in [-0.2, 0) is 14.9 Å². The number of rotatable bonds is 4. The van der Waals surface area contributed by atoms with Gasteiger partial charge < -0.3 is 20.7 Å². The number of morpholine rings is 1. The Morgan fingerprint density at radius 2 is 2.00 bits per heavy atom. The lowest BCUT2D eigenvalue weighted by atomic mass is 9.74. The Morgan fingerprint density at radius 1 is 1.23 bits per heavy atom. The molecular weight excluding hydrogens is 332 g/mol. The van der Waals surface area contributed by atoms with E-state index in [0.717, 1.165) is 70.0 Å². The summed E-state index contributed by atoms with van der Waals surface area (Å²) in [6, 6.07) is 5.61. The number of ether oxygens (including phenoxy) is 1. The van der Waals surface area contributed by atoms with Crippen LogP contribution >= 0.6 is 0 Å². The molecule has 4 rings (SSSR count). The maximum Gasteiger partial charge on any atom is 0.251 e. The molecule has 3 N–H and O–H groups in total. The van der Waals surface area contributed by atoms with Crippen molar-refractivity contribution in [2.45, 2.75) is 18.3 Å². The molecule has 0 saturated carbocycles. The molecule has 0 aliphatic carbocycles. The summed E-state index contributed by atoms with van der Waals surface area (Å²) >= 11 is 0. The highest BCUT2D eigenvalue weighted by atomic mass is 16.5. The fourth-order valence-corrected chi connectivity index (χ4v) is 4.17. The molecular formula is C19H26N4O3. The average Bonchev–Trinajstić information content (AvgIpc) is 2.94. The summed E-state index contributed by atoms with van der Waals surface area (Å²) in [5, 5.41) is 9.28. The lowest BCUT2D eigenvalue weighted by Gasteiger charge is -2.32. The predicted octanol–water partition coefficient (Wildman–Crippen LogP) is 0.322. The van der Waals surface area contributed by atoms with Gasteiger partial charge in [-0.15, -0.1) is 0 Å². The van der Waals surface area contributed by atoms with Gasteiger partial charge in [0, 0.05) is 37.4 Å². The van der Waals surface area contributed by atoms with Gasteiger partial charge in [0.1, 0.15) is 0 Å². The van der Waals surface area contributed by atoms with Crippen molar-refractivity contribution in [2.75, 3.05) is 57.8 Å². The van der Waals surface area contributed by atoms with Crippen molar-refractivity contribution in [3.63, 3.8) is 0 Å². The third kappa shape index (κ3) is 3.22. The molecule has 26 heavy (non-hydrogen) atoms. The Bertz CT molecular complexity index is 694. The zero-order chi connectivity index (χ0) is 18.0. The Kier molecular flexibility index (Phi) is 4.93. The molecule has 1 aromatic rings. The van der Waals surface area contributed by atoms with Gasteiger partial charge in [0.25, 0.3) is 5.91 Å². The molecule has 2 amide bonds. The second kappa shape index (κ2) is 7.34. The van der Waals surface area contributed by atoms with Crippen molar-refractivity contribution in [3.05, 3.63) is 29.3 Å². The van der Waals surface area contributed by atoms with Crippen molar-refractivity contribution in [2.24, 2.45) is 0 Å². The van der Waals surface area contributed by atoms with Crippen LogP contribution < -0.4 is 16.0 Å². The number of carbonyl (C=O) groups is 2. The normalized spacial score (nSPS) is 22.1. The second-order valence-electron chi connectivity index (χ2n) is 7.26. The fraction of sp³-hybridized carbons (Fsp3) is 0.579. The van der Waals surface area contributed by atoms with Crippen molar-refractivity contribution in [3.8, 4) is 0 Å². The molecule has 0 unspecified atom stereocenters. The van der Waals surface area contributed by atoms with E-state index < -0.39 is 5.41 Å². The number of hydrogen-bond donors (Lipinski definition) is 3. The van der Waals surface area contributed by atoms with Crippen LogP contribution in [0.25, 0.3) is 0 Å². The average molecular weight is 358 g/mol. The summed E-state index contributed by atoms with van der Waals surface area (Å²) in [6.45, 7) is 6.47. The van der Waals surface area contributed by atoms with Crippen LogP contribution in [0.5, 0.6) is 0 Å². The van der Waals surface area contributed by atoms with Gasteiger partial charge in [-0.2, -0.15) is 0 Å². The zero-order valence-corrected chi connectivity index (χ0v) is 15.0. The van der Waals surface area contributed by atoms with E-state index >= 15 is 0 Å². The van der Waals surface area contributed by atoms with E-state index in [1.807, 2.05) is 18.2 Å². The number of anilines is 1. The van der Waals surface area contributed by atoms with Crippen molar-refractivity contribution >= 4 is 17.5 Å². The molecule has 1 spiro atoms. The summed E-state index contributed by atoms with van der Waals surface area (Å²) < 4.78 is 5.33. The van der Waals surface area contributed by atoms with Gasteiger partial charge in [0.05, 0.1) is 18.6 Å². The lowest BCUT2D eigenvalue weighted by molar-refractivity contribution is -0.121. The van der Waals surface area contributed by atoms with Gasteiger partial charge in [0.15, 0.2) is 0 Å². The van der Waals surface area contributed by atoms with Crippen LogP contribution in [0.1, 0.15) is 28.8 Å². The predicted molar refractivity (Wildman–Crippen MR) is 98.4 cm³/mol. The van der Waals surface area contributed by atoms with E-state index in [2.05, 4.69) is 20.9 Å². The van der Waals surface area contributed by atoms with Gasteiger partial charge in [-0.3, -0.25) is 14.5 Å². The van der Waals surface area contributed by atoms with Gasteiger partial charge in [-0.25, -0.2) is 0 Å². The molecule has 7 nitrogen and oxygen atoms in total. The van der Waals surface area contributed by atoms with E-state index in [1.54, 1.807) is 0 Å². The Balaban J connectivity index is 1.40. The van der Waals surface area contributed by atoms with E-state index in [1.165, 1.54) is 0 Å². The smallest absolute Gasteiger partial charge is 0.251 e. The first-order chi connectivity index (χ1) is 12.7. The highest BCUT2D eigenvalue weighted by Gasteiger charge is 2.47. The Morgan fingerprint density at radius 3 is 2.77 bits per heavy atom. The largest absolute Gasteiger partial charge is 0.379 e. The van der Waals surface area contributed by atoms with E-state index in [0.29, 0.717) is 12.1 Å². The minimum atomic E-state index is -0.425. The molecule has 2 saturated heterocycles. The fourth-order valence-electron chi connectivity index (χ4n) is 4.17. The highest BCUT2D eigenvalue weighted by Crippen LogP contribution is 2.43. The molecule has 1 aromatic carbocycles. The van der Waals surface area contributed by atoms with Crippen LogP contribution in [0.3, 0.4) is 0 Å². The minimum absolute atomic E-state index is 0.0684. The van der Waals surface area contributed by atoms with E-state index in [9.17, 15) is 9.59 Å². The molecule has 140 valence electrons. The van der Waals surface area contributed by atoms with Gasteiger partial charge in [-0.05, 0) is 43.6 Å². The molecule has 3 heterocycles. The number of amides is 2. The molecule has 7 heteroatoms. The molecule has 0 radical (unpaired) electrons. The molecule has 0 aromatic heterocycles. The number of hydrogen-bond acceptors (Lipinski definition) is 5. The Hall–Kier alpha value is -1.96. The Labute approximate surface area is 153 Å². The lowest BCUT2D eigenvalue weighted by Crippen LogP contribution is -2.44. The topological polar surface area (TPSA) is 82.7 Å². The number of piperidine rings is 1. The summed E-state index contributed by atoms with van der Waals surface area (Å²) in [5.74, 6) is -0.0274. The standard InChI is InChI=1S/C19H26N4O3/c24-17(21-7-8-23-9-11-26-12-10-23)14-1-2-15-16(13-14)22-18(25)19(15)3-5-20-6-4-19/h1-2,13,20H,3-12H2,(H,21,24)(H,22,25). The second-order valence-corrected chi connectivity index (χ2v) is 7.26. The number of carbonyl (C=O) groups excluding carboxylic acids is 2. The highest BCUT2D eigenvalue weighted by molar-refractivity contribution is 6.07. The van der Waals surface area contributed by atoms with E-state index in [4.69, 9.17) is 4.74 Å². The van der Waals surface area contributed by atoms with Crippen LogP contribution in [-0.4, -0.2) is 69.2 Å². The van der Waals surface area contributed by atoms with Crippen LogP contribution in [0.2, 0.25) is 0 Å². The summed E-state index contributed by atoms with van der Waals surface area (Å²) in [6.07, 6.45) is 1.61. The number of fused-ring (bicyclic) bond motifs is 2. The van der Waals surface area contributed by atoms with Gasteiger partial charge in [-0.1, -0.05) is 6.07 Å². The van der Waals surface area contributed by atoms with Gasteiger partial charge >= 0.3 is 0 Å². The maximum absolute atomic E-state index is 12.6. The van der Waals surface area contributed by atoms with Crippen LogP contribution in [0.4, 0.5) is 5.69 Å². The third-order valence-corrected chi connectivity index (χ3v) is 5.75. The van der Waals surface area contributed by atoms with Crippen LogP contribution in [0, 0.1) is 0 Å². The number of nitrogens with one attached hydrogen (secondary N) is 3. The molecule has 2 fully saturated rings. The molecule has 0 bridgehead atoms. The molecule has 0 atom stereocenters. The number of benzene rings is 1.